The van der Waals surface area contributed by atoms with E-state index in [2.05, 4.69) is 5.32 Å². The molecule has 0 unspecified atom stereocenters. The van der Waals surface area contributed by atoms with Crippen LogP contribution in [0.25, 0.3) is 0 Å². The van der Waals surface area contributed by atoms with Crippen LogP contribution in [0.3, 0.4) is 0 Å². The van der Waals surface area contributed by atoms with Gasteiger partial charge >= 0.3 is 6.18 Å². The van der Waals surface area contributed by atoms with Gasteiger partial charge in [-0.3, -0.25) is 4.79 Å². The molecule has 0 bridgehead atoms. The lowest BCUT2D eigenvalue weighted by Crippen LogP contribution is -2.11. The standard InChI is InChI=1S/C12H8F3NO2/c13-12(14,15)8-3-5-9(6-4-8)16-11(17)10-2-1-7-18-10/h1-7H,(H,16,17). The largest absolute Gasteiger partial charge is 0.459 e. The average molecular weight is 255 g/mol. The Morgan fingerprint density at radius 2 is 1.78 bits per heavy atom. The van der Waals surface area contributed by atoms with Gasteiger partial charge < -0.3 is 9.73 Å². The second kappa shape index (κ2) is 4.56. The molecule has 2 aromatic rings. The third-order valence-corrected chi connectivity index (χ3v) is 2.22. The number of nitrogens with one attached hydrogen (secondary N) is 1. The smallest absolute Gasteiger partial charge is 0.416 e. The van der Waals surface area contributed by atoms with E-state index in [0.29, 0.717) is 0 Å². The summed E-state index contributed by atoms with van der Waals surface area (Å²) in [6, 6.07) is 7.17. The van der Waals surface area contributed by atoms with Crippen molar-refractivity contribution in [2.45, 2.75) is 6.18 Å². The molecule has 1 amide bonds. The molecule has 6 heteroatoms. The maximum absolute atomic E-state index is 12.3. The van der Waals surface area contributed by atoms with Crippen molar-refractivity contribution in [2.24, 2.45) is 0 Å². The molecule has 2 rings (SSSR count). The Labute approximate surface area is 100 Å². The van der Waals surface area contributed by atoms with Gasteiger partial charge in [0.25, 0.3) is 5.91 Å². The van der Waals surface area contributed by atoms with Gasteiger partial charge in [0.1, 0.15) is 0 Å². The number of alkyl halides is 3. The summed E-state index contributed by atoms with van der Waals surface area (Å²) in [5, 5.41) is 2.42. The van der Waals surface area contributed by atoms with Crippen molar-refractivity contribution >= 4 is 11.6 Å². The number of anilines is 1. The summed E-state index contributed by atoms with van der Waals surface area (Å²) in [5.41, 5.74) is -0.497. The summed E-state index contributed by atoms with van der Waals surface area (Å²) in [7, 11) is 0. The number of amides is 1. The van der Waals surface area contributed by atoms with Crippen molar-refractivity contribution in [3.8, 4) is 0 Å². The van der Waals surface area contributed by atoms with Crippen molar-refractivity contribution in [2.75, 3.05) is 5.32 Å². The Hall–Kier alpha value is -2.24. The summed E-state index contributed by atoms with van der Waals surface area (Å²) < 4.78 is 41.8. The lowest BCUT2D eigenvalue weighted by atomic mass is 10.2. The van der Waals surface area contributed by atoms with E-state index in [4.69, 9.17) is 4.42 Å². The first-order chi connectivity index (χ1) is 8.47. The molecule has 0 saturated heterocycles. The SMILES string of the molecule is O=C(Nc1ccc(C(F)(F)F)cc1)c1ccco1. The summed E-state index contributed by atoms with van der Waals surface area (Å²) in [6.07, 6.45) is -3.05. The highest BCUT2D eigenvalue weighted by Crippen LogP contribution is 2.29. The molecular weight excluding hydrogens is 247 g/mol. The average Bonchev–Trinajstić information content (AvgIpc) is 2.82. The number of hydrogen-bond acceptors (Lipinski definition) is 2. The van der Waals surface area contributed by atoms with E-state index < -0.39 is 17.6 Å². The minimum atomic E-state index is -4.39. The molecule has 0 atom stereocenters. The molecule has 0 aliphatic rings. The monoisotopic (exact) mass is 255 g/mol. The molecule has 1 heterocycles. The van der Waals surface area contributed by atoms with Gasteiger partial charge in [0.15, 0.2) is 5.76 Å². The molecule has 0 aliphatic carbocycles. The van der Waals surface area contributed by atoms with Crippen LogP contribution in [0.4, 0.5) is 18.9 Å². The van der Waals surface area contributed by atoms with Crippen LogP contribution in [0.5, 0.6) is 0 Å². The Bertz CT molecular complexity index is 529. The molecule has 0 radical (unpaired) electrons. The number of hydrogen-bond donors (Lipinski definition) is 1. The Morgan fingerprint density at radius 3 is 2.28 bits per heavy atom. The first-order valence-corrected chi connectivity index (χ1v) is 4.99. The van der Waals surface area contributed by atoms with Gasteiger partial charge in [-0.05, 0) is 36.4 Å². The molecule has 0 spiro atoms. The lowest BCUT2D eigenvalue weighted by Gasteiger charge is -2.07. The molecule has 18 heavy (non-hydrogen) atoms. The predicted octanol–water partition coefficient (Wildman–Crippen LogP) is 3.55. The number of furan rings is 1. The number of halogens is 3. The van der Waals surface area contributed by atoms with Gasteiger partial charge in [-0.1, -0.05) is 0 Å². The van der Waals surface area contributed by atoms with Gasteiger partial charge in [0.05, 0.1) is 11.8 Å². The molecule has 3 nitrogen and oxygen atoms in total. The zero-order chi connectivity index (χ0) is 13.2. The molecular formula is C12H8F3NO2. The van der Waals surface area contributed by atoms with Crippen LogP contribution in [0.2, 0.25) is 0 Å². The summed E-state index contributed by atoms with van der Waals surface area (Å²) in [4.78, 5) is 11.5. The number of carbonyl (C=O) groups is 1. The van der Waals surface area contributed by atoms with Gasteiger partial charge in [-0.15, -0.1) is 0 Å². The highest BCUT2D eigenvalue weighted by Gasteiger charge is 2.29. The maximum atomic E-state index is 12.3. The molecule has 0 aliphatic heterocycles. The fraction of sp³-hybridized carbons (Fsp3) is 0.0833. The van der Waals surface area contributed by atoms with E-state index in [-0.39, 0.29) is 11.4 Å². The fourth-order valence-electron chi connectivity index (χ4n) is 1.34. The van der Waals surface area contributed by atoms with E-state index in [9.17, 15) is 18.0 Å². The third-order valence-electron chi connectivity index (χ3n) is 2.22. The fourth-order valence-corrected chi connectivity index (χ4v) is 1.34. The predicted molar refractivity (Wildman–Crippen MR) is 58.1 cm³/mol. The van der Waals surface area contributed by atoms with Crippen molar-refractivity contribution < 1.29 is 22.4 Å². The van der Waals surface area contributed by atoms with Gasteiger partial charge in [0, 0.05) is 5.69 Å². The van der Waals surface area contributed by atoms with E-state index in [0.717, 1.165) is 12.1 Å². The van der Waals surface area contributed by atoms with Crippen LogP contribution in [-0.4, -0.2) is 5.91 Å². The highest BCUT2D eigenvalue weighted by molar-refractivity contribution is 6.02. The minimum absolute atomic E-state index is 0.0925. The van der Waals surface area contributed by atoms with Crippen LogP contribution >= 0.6 is 0 Å². The van der Waals surface area contributed by atoms with Crippen molar-refractivity contribution in [1.82, 2.24) is 0 Å². The van der Waals surface area contributed by atoms with E-state index in [1.165, 1.54) is 24.5 Å². The zero-order valence-electron chi connectivity index (χ0n) is 8.99. The molecule has 94 valence electrons. The molecule has 1 aromatic heterocycles. The van der Waals surface area contributed by atoms with Crippen LogP contribution in [0.15, 0.2) is 47.1 Å². The Kier molecular flexibility index (Phi) is 3.10. The third kappa shape index (κ3) is 2.71. The Morgan fingerprint density at radius 1 is 1.11 bits per heavy atom. The molecule has 1 N–H and O–H groups in total. The van der Waals surface area contributed by atoms with Gasteiger partial charge in [-0.25, -0.2) is 0 Å². The minimum Gasteiger partial charge on any atom is -0.459 e. The van der Waals surface area contributed by atoms with E-state index in [1.54, 1.807) is 6.07 Å². The number of benzene rings is 1. The molecule has 1 aromatic carbocycles. The summed E-state index contributed by atoms with van der Waals surface area (Å²) in [6.45, 7) is 0. The topological polar surface area (TPSA) is 42.2 Å². The quantitative estimate of drug-likeness (QED) is 0.891. The zero-order valence-corrected chi connectivity index (χ0v) is 8.99. The van der Waals surface area contributed by atoms with Gasteiger partial charge in [0.2, 0.25) is 0 Å². The molecule has 0 fully saturated rings. The number of carbonyl (C=O) groups excluding carboxylic acids is 1. The lowest BCUT2D eigenvalue weighted by molar-refractivity contribution is -0.137. The first kappa shape index (κ1) is 12.2. The van der Waals surface area contributed by atoms with Gasteiger partial charge in [-0.2, -0.15) is 13.2 Å². The van der Waals surface area contributed by atoms with Crippen LogP contribution in [0, 0.1) is 0 Å². The second-order valence-corrected chi connectivity index (χ2v) is 3.51. The summed E-state index contributed by atoms with van der Waals surface area (Å²) in [5.74, 6) is -0.422. The summed E-state index contributed by atoms with van der Waals surface area (Å²) >= 11 is 0. The van der Waals surface area contributed by atoms with E-state index >= 15 is 0 Å². The van der Waals surface area contributed by atoms with Crippen molar-refractivity contribution in [3.05, 3.63) is 54.0 Å². The second-order valence-electron chi connectivity index (χ2n) is 3.51. The first-order valence-electron chi connectivity index (χ1n) is 4.99. The van der Waals surface area contributed by atoms with Crippen LogP contribution in [0.1, 0.15) is 16.1 Å². The van der Waals surface area contributed by atoms with Crippen molar-refractivity contribution in [1.29, 1.82) is 0 Å². The maximum Gasteiger partial charge on any atom is 0.416 e. The normalized spacial score (nSPS) is 11.3. The van der Waals surface area contributed by atoms with Crippen LogP contribution in [-0.2, 0) is 6.18 Å². The highest BCUT2D eigenvalue weighted by atomic mass is 19.4. The van der Waals surface area contributed by atoms with E-state index in [1.807, 2.05) is 0 Å². The van der Waals surface area contributed by atoms with Crippen LogP contribution < -0.4 is 5.32 Å². The Balaban J connectivity index is 2.09. The number of rotatable bonds is 2. The molecule has 0 saturated carbocycles. The van der Waals surface area contributed by atoms with Crippen molar-refractivity contribution in [3.63, 3.8) is 0 Å².